The van der Waals surface area contributed by atoms with Crippen molar-refractivity contribution < 1.29 is 13.5 Å². The first-order valence-electron chi connectivity index (χ1n) is 5.77. The molecule has 0 aliphatic heterocycles. The van der Waals surface area contributed by atoms with Crippen molar-refractivity contribution in [2.75, 3.05) is 7.11 Å². The van der Waals surface area contributed by atoms with Gasteiger partial charge in [-0.1, -0.05) is 15.9 Å². The van der Waals surface area contributed by atoms with Crippen molar-refractivity contribution in [2.24, 2.45) is 0 Å². The number of fused-ring (bicyclic) bond motifs is 1. The average Bonchev–Trinajstić information content (AvgIpc) is 2.83. The number of nitrogens with zero attached hydrogens (tertiary/aromatic N) is 1. The molecule has 0 saturated carbocycles. The van der Waals surface area contributed by atoms with Crippen molar-refractivity contribution in [1.29, 1.82) is 0 Å². The number of methoxy groups -OCH3 is 1. The fourth-order valence-electron chi connectivity index (χ4n) is 1.98. The van der Waals surface area contributed by atoms with Gasteiger partial charge in [0.05, 0.1) is 12.6 Å². The van der Waals surface area contributed by atoms with E-state index in [9.17, 15) is 8.78 Å². The number of imidazole rings is 1. The molecule has 0 amide bonds. The van der Waals surface area contributed by atoms with Gasteiger partial charge in [-0.15, -0.1) is 0 Å². The van der Waals surface area contributed by atoms with Crippen molar-refractivity contribution in [2.45, 2.75) is 0 Å². The van der Waals surface area contributed by atoms with Crippen LogP contribution in [0.4, 0.5) is 8.78 Å². The lowest BCUT2D eigenvalue weighted by molar-refractivity contribution is 0.415. The van der Waals surface area contributed by atoms with Gasteiger partial charge < -0.3 is 9.72 Å². The molecule has 20 heavy (non-hydrogen) atoms. The third-order valence-electron chi connectivity index (χ3n) is 2.93. The third kappa shape index (κ3) is 2.16. The van der Waals surface area contributed by atoms with E-state index >= 15 is 0 Å². The van der Waals surface area contributed by atoms with Crippen LogP contribution in [0.25, 0.3) is 22.4 Å². The van der Waals surface area contributed by atoms with E-state index in [4.69, 9.17) is 4.74 Å². The standard InChI is InChI=1S/C14H9BrF2N2O/c1-20-8-2-3-10(15)9(6-8)14-18-12-5-7(16)4-11(17)13(12)19-14/h2-6H,1H3,(H,18,19). The molecule has 3 aromatic rings. The number of hydrogen-bond donors (Lipinski definition) is 1. The van der Waals surface area contributed by atoms with Crippen LogP contribution >= 0.6 is 15.9 Å². The molecule has 0 spiro atoms. The minimum Gasteiger partial charge on any atom is -0.497 e. The van der Waals surface area contributed by atoms with Crippen LogP contribution in [0.5, 0.6) is 5.75 Å². The first-order chi connectivity index (χ1) is 9.58. The Morgan fingerprint density at radius 3 is 2.75 bits per heavy atom. The predicted octanol–water partition coefficient (Wildman–Crippen LogP) is 4.28. The lowest BCUT2D eigenvalue weighted by Gasteiger charge is -2.04. The molecule has 1 aromatic heterocycles. The first-order valence-corrected chi connectivity index (χ1v) is 6.56. The molecule has 2 aromatic carbocycles. The van der Waals surface area contributed by atoms with Gasteiger partial charge in [-0.05, 0) is 24.3 Å². The highest BCUT2D eigenvalue weighted by molar-refractivity contribution is 9.10. The topological polar surface area (TPSA) is 37.9 Å². The Bertz CT molecular complexity index is 801. The molecular weight excluding hydrogens is 330 g/mol. The summed E-state index contributed by atoms with van der Waals surface area (Å²) in [6.07, 6.45) is 0. The van der Waals surface area contributed by atoms with E-state index in [-0.39, 0.29) is 5.52 Å². The Kier molecular flexibility index (Phi) is 3.17. The number of aromatic amines is 1. The summed E-state index contributed by atoms with van der Waals surface area (Å²) in [6.45, 7) is 0. The lowest BCUT2D eigenvalue weighted by atomic mass is 10.2. The quantitative estimate of drug-likeness (QED) is 0.757. The average molecular weight is 339 g/mol. The van der Waals surface area contributed by atoms with Gasteiger partial charge in [0.15, 0.2) is 5.82 Å². The monoisotopic (exact) mass is 338 g/mol. The van der Waals surface area contributed by atoms with Crippen molar-refractivity contribution in [1.82, 2.24) is 9.97 Å². The zero-order valence-electron chi connectivity index (χ0n) is 10.4. The molecular formula is C14H9BrF2N2O. The summed E-state index contributed by atoms with van der Waals surface area (Å²) in [4.78, 5) is 7.09. The second kappa shape index (κ2) is 4.86. The number of benzene rings is 2. The number of H-pyrrole nitrogens is 1. The second-order valence-corrected chi connectivity index (χ2v) is 5.07. The molecule has 0 aliphatic carbocycles. The van der Waals surface area contributed by atoms with Crippen molar-refractivity contribution in [3.8, 4) is 17.1 Å². The molecule has 0 bridgehead atoms. The van der Waals surface area contributed by atoms with Gasteiger partial charge in [-0.2, -0.15) is 0 Å². The van der Waals surface area contributed by atoms with Gasteiger partial charge in [0.2, 0.25) is 0 Å². The van der Waals surface area contributed by atoms with Gasteiger partial charge in [0, 0.05) is 16.1 Å². The van der Waals surface area contributed by atoms with E-state index in [0.717, 1.165) is 10.5 Å². The van der Waals surface area contributed by atoms with Gasteiger partial charge in [-0.3, -0.25) is 0 Å². The fraction of sp³-hybridized carbons (Fsp3) is 0.0714. The number of rotatable bonds is 2. The molecule has 0 radical (unpaired) electrons. The predicted molar refractivity (Wildman–Crippen MR) is 75.7 cm³/mol. The Balaban J connectivity index is 2.22. The highest BCUT2D eigenvalue weighted by Gasteiger charge is 2.13. The van der Waals surface area contributed by atoms with Crippen LogP contribution < -0.4 is 4.74 Å². The zero-order valence-corrected chi connectivity index (χ0v) is 12.0. The summed E-state index contributed by atoms with van der Waals surface area (Å²) in [7, 11) is 1.56. The molecule has 0 saturated heterocycles. The smallest absolute Gasteiger partial charge is 0.153 e. The van der Waals surface area contributed by atoms with Gasteiger partial charge in [0.1, 0.15) is 22.9 Å². The normalized spacial score (nSPS) is 11.0. The molecule has 0 unspecified atom stereocenters. The van der Waals surface area contributed by atoms with E-state index in [2.05, 4.69) is 25.9 Å². The maximum Gasteiger partial charge on any atom is 0.153 e. The fourth-order valence-corrected chi connectivity index (χ4v) is 2.42. The van der Waals surface area contributed by atoms with Gasteiger partial charge in [-0.25, -0.2) is 13.8 Å². The Morgan fingerprint density at radius 2 is 2.00 bits per heavy atom. The van der Waals surface area contributed by atoms with Crippen LogP contribution in [0.2, 0.25) is 0 Å². The first kappa shape index (κ1) is 13.1. The van der Waals surface area contributed by atoms with E-state index in [1.807, 2.05) is 0 Å². The molecule has 1 heterocycles. The molecule has 0 fully saturated rings. The molecule has 6 heteroatoms. The maximum atomic E-state index is 13.7. The minimum atomic E-state index is -0.693. The summed E-state index contributed by atoms with van der Waals surface area (Å²) in [6, 6.07) is 7.38. The molecule has 0 atom stereocenters. The number of nitrogens with one attached hydrogen (secondary N) is 1. The van der Waals surface area contributed by atoms with Crippen molar-refractivity contribution in [3.63, 3.8) is 0 Å². The van der Waals surface area contributed by atoms with Crippen LogP contribution in [0.1, 0.15) is 0 Å². The Labute approximate surface area is 121 Å². The summed E-state index contributed by atoms with van der Waals surface area (Å²) < 4.78 is 32.8. The largest absolute Gasteiger partial charge is 0.497 e. The third-order valence-corrected chi connectivity index (χ3v) is 3.63. The van der Waals surface area contributed by atoms with Crippen LogP contribution in [0.3, 0.4) is 0 Å². The highest BCUT2D eigenvalue weighted by atomic mass is 79.9. The van der Waals surface area contributed by atoms with E-state index < -0.39 is 11.6 Å². The number of hydrogen-bond acceptors (Lipinski definition) is 2. The SMILES string of the molecule is COc1ccc(Br)c(-c2nc3c(F)cc(F)cc3[nH]2)c1. The summed E-state index contributed by atoms with van der Waals surface area (Å²) in [5.74, 6) is -0.248. The molecule has 102 valence electrons. The summed E-state index contributed by atoms with van der Waals surface area (Å²) >= 11 is 3.40. The van der Waals surface area contributed by atoms with E-state index in [1.54, 1.807) is 25.3 Å². The van der Waals surface area contributed by atoms with Crippen LogP contribution in [-0.2, 0) is 0 Å². The minimum absolute atomic E-state index is 0.108. The lowest BCUT2D eigenvalue weighted by Crippen LogP contribution is -1.87. The van der Waals surface area contributed by atoms with Gasteiger partial charge in [0.25, 0.3) is 0 Å². The molecule has 3 rings (SSSR count). The Hall–Kier alpha value is -1.95. The van der Waals surface area contributed by atoms with E-state index in [0.29, 0.717) is 22.7 Å². The van der Waals surface area contributed by atoms with Crippen LogP contribution in [0, 0.1) is 11.6 Å². The Morgan fingerprint density at radius 1 is 1.20 bits per heavy atom. The van der Waals surface area contributed by atoms with Crippen molar-refractivity contribution >= 4 is 27.0 Å². The number of halogens is 3. The molecule has 0 aliphatic rings. The number of ether oxygens (including phenoxy) is 1. The second-order valence-electron chi connectivity index (χ2n) is 4.21. The van der Waals surface area contributed by atoms with Gasteiger partial charge >= 0.3 is 0 Å². The van der Waals surface area contributed by atoms with Crippen LogP contribution in [0.15, 0.2) is 34.8 Å². The maximum absolute atomic E-state index is 13.7. The van der Waals surface area contributed by atoms with E-state index in [1.165, 1.54) is 6.07 Å². The molecule has 3 nitrogen and oxygen atoms in total. The van der Waals surface area contributed by atoms with Crippen LogP contribution in [-0.4, -0.2) is 17.1 Å². The van der Waals surface area contributed by atoms with Crippen molar-refractivity contribution in [3.05, 3.63) is 46.4 Å². The zero-order chi connectivity index (χ0) is 14.3. The number of aromatic nitrogens is 2. The molecule has 1 N–H and O–H groups in total. The highest BCUT2D eigenvalue weighted by Crippen LogP contribution is 2.31. The summed E-state index contributed by atoms with van der Waals surface area (Å²) in [5, 5.41) is 0. The summed E-state index contributed by atoms with van der Waals surface area (Å²) in [5.41, 5.74) is 1.13.